The van der Waals surface area contributed by atoms with Gasteiger partial charge in [-0.3, -0.25) is 4.99 Å². The van der Waals surface area contributed by atoms with E-state index in [0.717, 1.165) is 0 Å². The quantitative estimate of drug-likeness (QED) is 0.371. The van der Waals surface area contributed by atoms with Crippen molar-refractivity contribution in [2.75, 3.05) is 6.54 Å². The molecule has 0 saturated carbocycles. The molecule has 0 aliphatic carbocycles. The standard InChI is InChI=1S/C6H9N/c1-3-4-5-6-7-2/h3-5H,1-2,6H2/b5-4+. The summed E-state index contributed by atoms with van der Waals surface area (Å²) in [6, 6.07) is 0. The summed E-state index contributed by atoms with van der Waals surface area (Å²) in [4.78, 5) is 3.59. The number of aliphatic imine (C=N–C) groups is 1. The van der Waals surface area contributed by atoms with Gasteiger partial charge in [0.1, 0.15) is 0 Å². The van der Waals surface area contributed by atoms with Gasteiger partial charge in [-0.15, -0.1) is 0 Å². The highest BCUT2D eigenvalue weighted by Crippen LogP contribution is 1.71. The first-order valence-corrected chi connectivity index (χ1v) is 2.12. The highest BCUT2D eigenvalue weighted by atomic mass is 14.6. The third-order valence-corrected chi connectivity index (χ3v) is 0.507. The lowest BCUT2D eigenvalue weighted by Crippen LogP contribution is -1.63. The summed E-state index contributed by atoms with van der Waals surface area (Å²) in [7, 11) is 0. The highest BCUT2D eigenvalue weighted by Gasteiger charge is 1.59. The molecule has 0 radical (unpaired) electrons. The van der Waals surface area contributed by atoms with Crippen LogP contribution in [0.25, 0.3) is 0 Å². The molecule has 0 aliphatic heterocycles. The van der Waals surface area contributed by atoms with Gasteiger partial charge in [-0.2, -0.15) is 0 Å². The second-order valence-electron chi connectivity index (χ2n) is 1.07. The predicted octanol–water partition coefficient (Wildman–Crippen LogP) is 1.43. The van der Waals surface area contributed by atoms with E-state index in [1.807, 2.05) is 12.2 Å². The summed E-state index contributed by atoms with van der Waals surface area (Å²) in [5.41, 5.74) is 0. The molecule has 0 aliphatic rings. The zero-order chi connectivity index (χ0) is 5.54. The van der Waals surface area contributed by atoms with E-state index in [2.05, 4.69) is 18.3 Å². The Morgan fingerprint density at radius 3 is 2.71 bits per heavy atom. The third kappa shape index (κ3) is 5.15. The van der Waals surface area contributed by atoms with Crippen molar-refractivity contribution in [3.63, 3.8) is 0 Å². The van der Waals surface area contributed by atoms with Crippen molar-refractivity contribution in [2.24, 2.45) is 4.99 Å². The molecule has 0 aromatic carbocycles. The Bertz CT molecular complexity index is 82.2. The summed E-state index contributed by atoms with van der Waals surface area (Å²) in [6.07, 6.45) is 5.44. The van der Waals surface area contributed by atoms with E-state index in [1.165, 1.54) is 0 Å². The average Bonchev–Trinajstić information content (AvgIpc) is 1.69. The molecule has 0 aromatic heterocycles. The van der Waals surface area contributed by atoms with E-state index < -0.39 is 0 Å². The van der Waals surface area contributed by atoms with Crippen molar-refractivity contribution in [1.29, 1.82) is 0 Å². The summed E-state index contributed by atoms with van der Waals surface area (Å²) in [6.45, 7) is 7.47. The molecule has 1 heteroatoms. The van der Waals surface area contributed by atoms with Crippen LogP contribution in [0.1, 0.15) is 0 Å². The van der Waals surface area contributed by atoms with Crippen LogP contribution in [0.4, 0.5) is 0 Å². The van der Waals surface area contributed by atoms with Crippen LogP contribution >= 0.6 is 0 Å². The lowest BCUT2D eigenvalue weighted by molar-refractivity contribution is 1.27. The average molecular weight is 95.1 g/mol. The van der Waals surface area contributed by atoms with Crippen molar-refractivity contribution < 1.29 is 0 Å². The Kier molecular flexibility index (Phi) is 4.52. The third-order valence-electron chi connectivity index (χ3n) is 0.507. The van der Waals surface area contributed by atoms with E-state index >= 15 is 0 Å². The zero-order valence-electron chi connectivity index (χ0n) is 4.30. The molecule has 0 rings (SSSR count). The molecule has 0 fully saturated rings. The van der Waals surface area contributed by atoms with Crippen LogP contribution in [0, 0.1) is 0 Å². The summed E-state index contributed by atoms with van der Waals surface area (Å²) < 4.78 is 0. The lowest BCUT2D eigenvalue weighted by atomic mass is 10.5. The first kappa shape index (κ1) is 6.15. The summed E-state index contributed by atoms with van der Waals surface area (Å²) >= 11 is 0. The fraction of sp³-hybridized carbons (Fsp3) is 0.167. The van der Waals surface area contributed by atoms with Crippen molar-refractivity contribution >= 4 is 6.72 Å². The van der Waals surface area contributed by atoms with Crippen LogP contribution in [0.15, 0.2) is 29.8 Å². The normalized spacial score (nSPS) is 9.14. The fourth-order valence-corrected chi connectivity index (χ4v) is 0.232. The van der Waals surface area contributed by atoms with Crippen LogP contribution in [-0.2, 0) is 0 Å². The molecule has 0 spiro atoms. The van der Waals surface area contributed by atoms with Gasteiger partial charge in [0, 0.05) is 0 Å². The van der Waals surface area contributed by atoms with Crippen molar-refractivity contribution in [1.82, 2.24) is 0 Å². The highest BCUT2D eigenvalue weighted by molar-refractivity contribution is 5.23. The molecule has 0 saturated heterocycles. The second kappa shape index (κ2) is 5.15. The number of allylic oxidation sites excluding steroid dienone is 2. The topological polar surface area (TPSA) is 12.4 Å². The van der Waals surface area contributed by atoms with Crippen LogP contribution in [0.3, 0.4) is 0 Å². The van der Waals surface area contributed by atoms with Crippen LogP contribution < -0.4 is 0 Å². The molecule has 0 aromatic rings. The molecule has 38 valence electrons. The van der Waals surface area contributed by atoms with Gasteiger partial charge < -0.3 is 0 Å². The molecule has 0 heterocycles. The monoisotopic (exact) mass is 95.1 g/mol. The first-order chi connectivity index (χ1) is 3.41. The van der Waals surface area contributed by atoms with E-state index in [-0.39, 0.29) is 0 Å². The van der Waals surface area contributed by atoms with Gasteiger partial charge in [0.25, 0.3) is 0 Å². The maximum absolute atomic E-state index is 3.59. The van der Waals surface area contributed by atoms with E-state index in [9.17, 15) is 0 Å². The van der Waals surface area contributed by atoms with Gasteiger partial charge in [0.05, 0.1) is 6.54 Å². The van der Waals surface area contributed by atoms with E-state index in [1.54, 1.807) is 6.08 Å². The molecule has 1 nitrogen and oxygen atoms in total. The van der Waals surface area contributed by atoms with Gasteiger partial charge in [-0.25, -0.2) is 0 Å². The molecule has 0 unspecified atom stereocenters. The second-order valence-corrected chi connectivity index (χ2v) is 1.07. The van der Waals surface area contributed by atoms with Crippen molar-refractivity contribution in [3.8, 4) is 0 Å². The Hall–Kier alpha value is -0.850. The van der Waals surface area contributed by atoms with Crippen molar-refractivity contribution in [3.05, 3.63) is 24.8 Å². The summed E-state index contributed by atoms with van der Waals surface area (Å²) in [5.74, 6) is 0. The van der Waals surface area contributed by atoms with Crippen molar-refractivity contribution in [2.45, 2.75) is 0 Å². The number of nitrogens with zero attached hydrogens (tertiary/aromatic N) is 1. The lowest BCUT2D eigenvalue weighted by Gasteiger charge is -1.72. The minimum absolute atomic E-state index is 0.687. The van der Waals surface area contributed by atoms with E-state index in [4.69, 9.17) is 0 Å². The Morgan fingerprint density at radius 2 is 2.29 bits per heavy atom. The van der Waals surface area contributed by atoms with Gasteiger partial charge >= 0.3 is 0 Å². The largest absolute Gasteiger partial charge is 0.297 e. The molecular formula is C6H9N. The Morgan fingerprint density at radius 1 is 1.57 bits per heavy atom. The molecule has 7 heavy (non-hydrogen) atoms. The van der Waals surface area contributed by atoms with Gasteiger partial charge in [0.15, 0.2) is 0 Å². The zero-order valence-corrected chi connectivity index (χ0v) is 4.30. The SMILES string of the molecule is C=C/C=C/CN=C. The number of hydrogen-bond acceptors (Lipinski definition) is 1. The molecule has 0 amide bonds. The number of rotatable bonds is 3. The predicted molar refractivity (Wildman–Crippen MR) is 33.8 cm³/mol. The first-order valence-electron chi connectivity index (χ1n) is 2.12. The maximum Gasteiger partial charge on any atom is 0.0566 e. The summed E-state index contributed by atoms with van der Waals surface area (Å²) in [5, 5.41) is 0. The molecule has 0 atom stereocenters. The fourth-order valence-electron chi connectivity index (χ4n) is 0.232. The minimum Gasteiger partial charge on any atom is -0.297 e. The minimum atomic E-state index is 0.687. The maximum atomic E-state index is 3.59. The van der Waals surface area contributed by atoms with Crippen LogP contribution in [-0.4, -0.2) is 13.3 Å². The van der Waals surface area contributed by atoms with Gasteiger partial charge in [-0.1, -0.05) is 24.8 Å². The Labute approximate surface area is 44.1 Å². The molecule has 0 bridgehead atoms. The molecular weight excluding hydrogens is 86.1 g/mol. The number of hydrogen-bond donors (Lipinski definition) is 0. The Balaban J connectivity index is 3.08. The van der Waals surface area contributed by atoms with Crippen LogP contribution in [0.5, 0.6) is 0 Å². The van der Waals surface area contributed by atoms with Gasteiger partial charge in [0.2, 0.25) is 0 Å². The smallest absolute Gasteiger partial charge is 0.0566 e. The molecule has 0 N–H and O–H groups in total. The van der Waals surface area contributed by atoms with E-state index in [0.29, 0.717) is 6.54 Å². The van der Waals surface area contributed by atoms with Crippen LogP contribution in [0.2, 0.25) is 0 Å². The van der Waals surface area contributed by atoms with Gasteiger partial charge in [-0.05, 0) is 6.72 Å².